The number of hydrogen-bond acceptors (Lipinski definition) is 3. The molecule has 0 saturated carbocycles. The fourth-order valence-corrected chi connectivity index (χ4v) is 2.82. The first-order valence-corrected chi connectivity index (χ1v) is 7.60. The van der Waals surface area contributed by atoms with Crippen LogP contribution in [0.4, 0.5) is 0 Å². The molecule has 0 aromatic heterocycles. The van der Waals surface area contributed by atoms with Crippen molar-refractivity contribution >= 4 is 10.0 Å². The number of nitrogens with one attached hydrogen (secondary N) is 1. The second kappa shape index (κ2) is 5.82. The average Bonchev–Trinajstić information content (AvgIpc) is 2.36. The van der Waals surface area contributed by atoms with Gasteiger partial charge in [0.25, 0.3) is 0 Å². The number of aliphatic hydroxyl groups is 1. The Bertz CT molecular complexity index is 493. The van der Waals surface area contributed by atoms with E-state index in [-0.39, 0.29) is 11.4 Å². The van der Waals surface area contributed by atoms with Gasteiger partial charge in [-0.1, -0.05) is 26.0 Å². The van der Waals surface area contributed by atoms with E-state index in [0.29, 0.717) is 12.8 Å². The molecule has 0 atom stereocenters. The molecule has 0 radical (unpaired) electrons. The molecule has 0 spiro atoms. The van der Waals surface area contributed by atoms with Crippen LogP contribution in [-0.2, 0) is 10.0 Å². The second-order valence-electron chi connectivity index (χ2n) is 4.57. The average molecular weight is 271 g/mol. The maximum atomic E-state index is 12.0. The zero-order valence-electron chi connectivity index (χ0n) is 11.1. The van der Waals surface area contributed by atoms with Gasteiger partial charge in [0.2, 0.25) is 10.0 Å². The molecule has 0 fully saturated rings. The van der Waals surface area contributed by atoms with E-state index in [2.05, 4.69) is 4.72 Å². The Morgan fingerprint density at radius 2 is 1.89 bits per heavy atom. The van der Waals surface area contributed by atoms with E-state index in [4.69, 9.17) is 0 Å². The van der Waals surface area contributed by atoms with E-state index in [0.717, 1.165) is 5.56 Å². The van der Waals surface area contributed by atoms with Crippen molar-refractivity contribution in [3.8, 4) is 0 Å². The lowest BCUT2D eigenvalue weighted by Crippen LogP contribution is -2.41. The Hall–Kier alpha value is -0.910. The molecule has 1 aromatic carbocycles. The van der Waals surface area contributed by atoms with E-state index in [1.165, 1.54) is 0 Å². The molecule has 5 heteroatoms. The second-order valence-corrected chi connectivity index (χ2v) is 6.34. The number of rotatable bonds is 6. The van der Waals surface area contributed by atoms with Gasteiger partial charge in [-0.3, -0.25) is 0 Å². The summed E-state index contributed by atoms with van der Waals surface area (Å²) in [6.07, 6.45) is 1.03. The van der Waals surface area contributed by atoms with Gasteiger partial charge in [0, 0.05) is 6.54 Å². The largest absolute Gasteiger partial charge is 0.389 e. The van der Waals surface area contributed by atoms with Crippen molar-refractivity contribution in [2.24, 2.45) is 0 Å². The molecule has 0 aliphatic carbocycles. The van der Waals surface area contributed by atoms with Gasteiger partial charge in [-0.05, 0) is 37.5 Å². The highest BCUT2D eigenvalue weighted by atomic mass is 32.2. The van der Waals surface area contributed by atoms with Gasteiger partial charge >= 0.3 is 0 Å². The van der Waals surface area contributed by atoms with Crippen molar-refractivity contribution < 1.29 is 13.5 Å². The SMILES string of the molecule is CCC(O)(CC)CNS(=O)(=O)c1cccc(C)c1. The number of hydrogen-bond donors (Lipinski definition) is 2. The normalized spacial score (nSPS) is 12.7. The maximum Gasteiger partial charge on any atom is 0.240 e. The third-order valence-electron chi connectivity index (χ3n) is 3.21. The van der Waals surface area contributed by atoms with Crippen LogP contribution >= 0.6 is 0 Å². The minimum absolute atomic E-state index is 0.0380. The minimum Gasteiger partial charge on any atom is -0.389 e. The predicted octanol–water partition coefficient (Wildman–Crippen LogP) is 1.82. The minimum atomic E-state index is -3.55. The fraction of sp³-hybridized carbons (Fsp3) is 0.538. The maximum absolute atomic E-state index is 12.0. The lowest BCUT2D eigenvalue weighted by Gasteiger charge is -2.25. The smallest absolute Gasteiger partial charge is 0.240 e. The van der Waals surface area contributed by atoms with Crippen LogP contribution in [-0.4, -0.2) is 25.7 Å². The summed E-state index contributed by atoms with van der Waals surface area (Å²) in [4.78, 5) is 0.233. The van der Waals surface area contributed by atoms with Gasteiger partial charge < -0.3 is 5.11 Å². The van der Waals surface area contributed by atoms with Crippen LogP contribution in [0.25, 0.3) is 0 Å². The van der Waals surface area contributed by atoms with E-state index >= 15 is 0 Å². The third-order valence-corrected chi connectivity index (χ3v) is 4.61. The lowest BCUT2D eigenvalue weighted by molar-refractivity contribution is 0.0377. The highest BCUT2D eigenvalue weighted by molar-refractivity contribution is 7.89. The van der Waals surface area contributed by atoms with E-state index < -0.39 is 15.6 Å². The predicted molar refractivity (Wildman–Crippen MR) is 71.9 cm³/mol. The molecule has 102 valence electrons. The van der Waals surface area contributed by atoms with Crippen molar-refractivity contribution in [1.82, 2.24) is 4.72 Å². The molecule has 18 heavy (non-hydrogen) atoms. The zero-order valence-corrected chi connectivity index (χ0v) is 11.9. The summed E-state index contributed by atoms with van der Waals surface area (Å²) >= 11 is 0. The topological polar surface area (TPSA) is 66.4 Å². The summed E-state index contributed by atoms with van der Waals surface area (Å²) in [5.41, 5.74) is -0.0872. The Kier molecular flexibility index (Phi) is 4.90. The van der Waals surface area contributed by atoms with Crippen molar-refractivity contribution in [3.05, 3.63) is 29.8 Å². The summed E-state index contributed by atoms with van der Waals surface area (Å²) < 4.78 is 26.5. The van der Waals surface area contributed by atoms with Gasteiger partial charge in [-0.25, -0.2) is 13.1 Å². The van der Waals surface area contributed by atoms with E-state index in [9.17, 15) is 13.5 Å². The van der Waals surface area contributed by atoms with Crippen LogP contribution in [0.2, 0.25) is 0 Å². The summed E-state index contributed by atoms with van der Waals surface area (Å²) in [5, 5.41) is 10.1. The quantitative estimate of drug-likeness (QED) is 0.829. The molecule has 1 rings (SSSR count). The highest BCUT2D eigenvalue weighted by Crippen LogP contribution is 2.16. The van der Waals surface area contributed by atoms with Crippen LogP contribution in [0.1, 0.15) is 32.3 Å². The molecule has 0 saturated heterocycles. The molecule has 0 aliphatic heterocycles. The Balaban J connectivity index is 2.84. The molecular formula is C13H21NO3S. The third kappa shape index (κ3) is 3.80. The molecule has 2 N–H and O–H groups in total. The highest BCUT2D eigenvalue weighted by Gasteiger charge is 2.25. The Morgan fingerprint density at radius 1 is 1.28 bits per heavy atom. The fourth-order valence-electron chi connectivity index (χ4n) is 1.60. The zero-order chi connectivity index (χ0) is 13.8. The molecule has 0 bridgehead atoms. The Labute approximate surface area is 109 Å². The van der Waals surface area contributed by atoms with E-state index in [1.54, 1.807) is 18.2 Å². The van der Waals surface area contributed by atoms with Crippen LogP contribution in [0.15, 0.2) is 29.2 Å². The first kappa shape index (κ1) is 15.1. The van der Waals surface area contributed by atoms with Gasteiger partial charge in [0.1, 0.15) is 0 Å². The first-order valence-electron chi connectivity index (χ1n) is 6.11. The number of benzene rings is 1. The monoisotopic (exact) mass is 271 g/mol. The van der Waals surface area contributed by atoms with Gasteiger partial charge in [0.15, 0.2) is 0 Å². The summed E-state index contributed by atoms with van der Waals surface area (Å²) in [5.74, 6) is 0. The van der Waals surface area contributed by atoms with Crippen LogP contribution in [0.3, 0.4) is 0 Å². The van der Waals surface area contributed by atoms with E-state index in [1.807, 2.05) is 26.8 Å². The van der Waals surface area contributed by atoms with Crippen molar-refractivity contribution in [3.63, 3.8) is 0 Å². The molecular weight excluding hydrogens is 250 g/mol. The van der Waals surface area contributed by atoms with Crippen LogP contribution < -0.4 is 4.72 Å². The molecule has 0 unspecified atom stereocenters. The van der Waals surface area contributed by atoms with Crippen LogP contribution in [0, 0.1) is 6.92 Å². The molecule has 0 aliphatic rings. The molecule has 0 amide bonds. The summed E-state index contributed by atoms with van der Waals surface area (Å²) in [6, 6.07) is 6.70. The van der Waals surface area contributed by atoms with Crippen LogP contribution in [0.5, 0.6) is 0 Å². The molecule has 0 heterocycles. The standard InChI is InChI=1S/C13H21NO3S/c1-4-13(15,5-2)10-14-18(16,17)12-8-6-7-11(3)9-12/h6-9,14-15H,4-5,10H2,1-3H3. The lowest BCUT2D eigenvalue weighted by atomic mass is 9.98. The summed E-state index contributed by atoms with van der Waals surface area (Å²) in [6.45, 7) is 5.55. The molecule has 4 nitrogen and oxygen atoms in total. The van der Waals surface area contributed by atoms with Gasteiger partial charge in [-0.15, -0.1) is 0 Å². The number of sulfonamides is 1. The van der Waals surface area contributed by atoms with Crippen molar-refractivity contribution in [2.45, 2.75) is 44.1 Å². The summed E-state index contributed by atoms with van der Waals surface area (Å²) in [7, 11) is -3.55. The Morgan fingerprint density at radius 3 is 2.39 bits per heavy atom. The van der Waals surface area contributed by atoms with Gasteiger partial charge in [0.05, 0.1) is 10.5 Å². The molecule has 1 aromatic rings. The first-order chi connectivity index (χ1) is 8.33. The van der Waals surface area contributed by atoms with Crippen molar-refractivity contribution in [2.75, 3.05) is 6.54 Å². The van der Waals surface area contributed by atoms with Gasteiger partial charge in [-0.2, -0.15) is 0 Å². The van der Waals surface area contributed by atoms with Crippen molar-refractivity contribution in [1.29, 1.82) is 0 Å². The number of aryl methyl sites for hydroxylation is 1.